The Bertz CT molecular complexity index is 1330. The number of hydrogen-bond acceptors (Lipinski definition) is 5. The molecule has 9 heteroatoms. The number of aryl methyl sites for hydroxylation is 1. The van der Waals surface area contributed by atoms with E-state index in [4.69, 9.17) is 16.6 Å². The summed E-state index contributed by atoms with van der Waals surface area (Å²) in [4.78, 5) is 20.4. The van der Waals surface area contributed by atoms with Gasteiger partial charge in [0.25, 0.3) is 5.91 Å². The van der Waals surface area contributed by atoms with Crippen LogP contribution in [0.5, 0.6) is 0 Å². The zero-order valence-electron chi connectivity index (χ0n) is 18.3. The molecule has 0 radical (unpaired) electrons. The predicted octanol–water partition coefficient (Wildman–Crippen LogP) is 3.57. The number of halogens is 1. The third-order valence-electron chi connectivity index (χ3n) is 6.41. The third-order valence-corrected chi connectivity index (χ3v) is 8.56. The van der Waals surface area contributed by atoms with E-state index < -0.39 is 10.0 Å². The molecule has 0 bridgehead atoms. The SMILES string of the molecule is CN1CCN(S(=O)(=O)c2ccc(NC(=O)c3c4c(nc5ccc(Cl)cc35)CCC4)cc2)CC1. The van der Waals surface area contributed by atoms with Gasteiger partial charge in [0.05, 0.1) is 16.0 Å². The van der Waals surface area contributed by atoms with Gasteiger partial charge in [0.15, 0.2) is 0 Å². The number of hydrogen-bond donors (Lipinski definition) is 1. The standard InChI is InChI=1S/C24H25ClN4O3S/c1-28-11-13-29(14-12-28)33(31,32)18-8-6-17(7-9-18)26-24(30)23-19-3-2-4-21(19)27-22-10-5-16(25)15-20(22)23/h5-10,15H,2-4,11-14H2,1H3,(H,26,30). The van der Waals surface area contributed by atoms with Gasteiger partial charge in [-0.1, -0.05) is 11.6 Å². The van der Waals surface area contributed by atoms with Crippen LogP contribution < -0.4 is 5.32 Å². The van der Waals surface area contributed by atoms with Crippen LogP contribution in [-0.2, 0) is 22.9 Å². The van der Waals surface area contributed by atoms with E-state index in [9.17, 15) is 13.2 Å². The molecule has 5 rings (SSSR count). The Morgan fingerprint density at radius 2 is 1.76 bits per heavy atom. The molecule has 1 amide bonds. The van der Waals surface area contributed by atoms with Gasteiger partial charge in [-0.2, -0.15) is 4.31 Å². The lowest BCUT2D eigenvalue weighted by molar-refractivity contribution is 0.102. The summed E-state index contributed by atoms with van der Waals surface area (Å²) in [6.45, 7) is 2.36. The summed E-state index contributed by atoms with van der Waals surface area (Å²) in [6.07, 6.45) is 2.62. The van der Waals surface area contributed by atoms with Crippen LogP contribution in [0.4, 0.5) is 5.69 Å². The number of piperazine rings is 1. The summed E-state index contributed by atoms with van der Waals surface area (Å²) in [5.41, 5.74) is 3.82. The van der Waals surface area contributed by atoms with Crippen LogP contribution in [-0.4, -0.2) is 61.7 Å². The van der Waals surface area contributed by atoms with E-state index in [0.717, 1.165) is 41.4 Å². The van der Waals surface area contributed by atoms with E-state index in [1.165, 1.54) is 4.31 Å². The van der Waals surface area contributed by atoms with Crippen molar-refractivity contribution in [1.82, 2.24) is 14.2 Å². The highest BCUT2D eigenvalue weighted by Crippen LogP contribution is 2.32. The first-order valence-corrected chi connectivity index (χ1v) is 12.9. The molecule has 1 saturated heterocycles. The number of sulfonamides is 1. The first-order valence-electron chi connectivity index (χ1n) is 11.0. The average molecular weight is 485 g/mol. The Morgan fingerprint density at radius 1 is 1.03 bits per heavy atom. The molecule has 2 aliphatic rings. The number of amides is 1. The number of carbonyl (C=O) groups excluding carboxylic acids is 1. The van der Waals surface area contributed by atoms with E-state index in [2.05, 4.69) is 10.2 Å². The molecule has 7 nitrogen and oxygen atoms in total. The van der Waals surface area contributed by atoms with Gasteiger partial charge < -0.3 is 10.2 Å². The molecule has 1 aromatic heterocycles. The summed E-state index contributed by atoms with van der Waals surface area (Å²) in [5, 5.41) is 4.22. The lowest BCUT2D eigenvalue weighted by Gasteiger charge is -2.31. The average Bonchev–Trinajstić information content (AvgIpc) is 3.26. The number of benzene rings is 2. The highest BCUT2D eigenvalue weighted by Gasteiger charge is 2.28. The van der Waals surface area contributed by atoms with Gasteiger partial charge in [-0.15, -0.1) is 0 Å². The maximum atomic E-state index is 13.3. The Morgan fingerprint density at radius 3 is 2.48 bits per heavy atom. The van der Waals surface area contributed by atoms with E-state index in [1.807, 2.05) is 13.1 Å². The van der Waals surface area contributed by atoms with E-state index in [0.29, 0.717) is 42.5 Å². The number of aromatic nitrogens is 1. The van der Waals surface area contributed by atoms with Crippen molar-refractivity contribution in [3.05, 3.63) is 64.3 Å². The third kappa shape index (κ3) is 4.24. The number of nitrogens with zero attached hydrogens (tertiary/aromatic N) is 3. The number of anilines is 1. The molecule has 0 saturated carbocycles. The van der Waals surface area contributed by atoms with Crippen LogP contribution >= 0.6 is 11.6 Å². The number of carbonyl (C=O) groups is 1. The molecule has 2 heterocycles. The molecular formula is C24H25ClN4O3S. The van der Waals surface area contributed by atoms with Crippen molar-refractivity contribution in [3.8, 4) is 0 Å². The number of likely N-dealkylation sites (N-methyl/N-ethyl adjacent to an activating group) is 1. The maximum absolute atomic E-state index is 13.3. The highest BCUT2D eigenvalue weighted by molar-refractivity contribution is 7.89. The topological polar surface area (TPSA) is 82.6 Å². The van der Waals surface area contributed by atoms with Crippen molar-refractivity contribution in [2.45, 2.75) is 24.2 Å². The van der Waals surface area contributed by atoms with E-state index >= 15 is 0 Å². The molecule has 0 atom stereocenters. The van der Waals surface area contributed by atoms with Crippen molar-refractivity contribution in [2.75, 3.05) is 38.5 Å². The largest absolute Gasteiger partial charge is 0.322 e. The van der Waals surface area contributed by atoms with Crippen molar-refractivity contribution < 1.29 is 13.2 Å². The summed E-state index contributed by atoms with van der Waals surface area (Å²) < 4.78 is 27.4. The Hall–Kier alpha value is -2.52. The van der Waals surface area contributed by atoms with Crippen LogP contribution in [0.3, 0.4) is 0 Å². The van der Waals surface area contributed by atoms with Gasteiger partial charge in [0, 0.05) is 48.0 Å². The molecule has 1 fully saturated rings. The second-order valence-corrected chi connectivity index (χ2v) is 11.0. The lowest BCUT2D eigenvalue weighted by Crippen LogP contribution is -2.46. The minimum absolute atomic E-state index is 0.229. The monoisotopic (exact) mass is 484 g/mol. The fourth-order valence-electron chi connectivity index (χ4n) is 4.58. The lowest BCUT2D eigenvalue weighted by atomic mass is 10.0. The minimum atomic E-state index is -3.55. The number of rotatable bonds is 4. The molecule has 1 aliphatic heterocycles. The fourth-order valence-corrected chi connectivity index (χ4v) is 6.17. The summed E-state index contributed by atoms with van der Waals surface area (Å²) in [5.74, 6) is -0.238. The summed E-state index contributed by atoms with van der Waals surface area (Å²) in [7, 11) is -1.57. The molecule has 0 spiro atoms. The second kappa shape index (κ2) is 8.68. The van der Waals surface area contributed by atoms with Gasteiger partial charge >= 0.3 is 0 Å². The molecule has 0 unspecified atom stereocenters. The first-order chi connectivity index (χ1) is 15.8. The Balaban J connectivity index is 1.41. The molecular weight excluding hydrogens is 460 g/mol. The number of pyridine rings is 1. The molecule has 1 aliphatic carbocycles. The van der Waals surface area contributed by atoms with Crippen LogP contribution in [0.1, 0.15) is 28.0 Å². The van der Waals surface area contributed by atoms with Gasteiger partial charge in [0.1, 0.15) is 0 Å². The van der Waals surface area contributed by atoms with Crippen LogP contribution in [0.2, 0.25) is 5.02 Å². The van der Waals surface area contributed by atoms with Gasteiger partial charge in [-0.05, 0) is 74.3 Å². The van der Waals surface area contributed by atoms with Crippen LogP contribution in [0.25, 0.3) is 10.9 Å². The van der Waals surface area contributed by atoms with Crippen molar-refractivity contribution in [2.24, 2.45) is 0 Å². The van der Waals surface area contributed by atoms with Crippen molar-refractivity contribution >= 4 is 44.1 Å². The quantitative estimate of drug-likeness (QED) is 0.612. The molecule has 1 N–H and O–H groups in total. The fraction of sp³-hybridized carbons (Fsp3) is 0.333. The van der Waals surface area contributed by atoms with E-state index in [1.54, 1.807) is 36.4 Å². The zero-order chi connectivity index (χ0) is 23.2. The molecule has 33 heavy (non-hydrogen) atoms. The zero-order valence-corrected chi connectivity index (χ0v) is 19.9. The van der Waals surface area contributed by atoms with Gasteiger partial charge in [-0.3, -0.25) is 9.78 Å². The maximum Gasteiger partial charge on any atom is 0.256 e. The molecule has 2 aromatic carbocycles. The molecule has 3 aromatic rings. The van der Waals surface area contributed by atoms with Crippen molar-refractivity contribution in [1.29, 1.82) is 0 Å². The Kier molecular flexibility index (Phi) is 5.86. The predicted molar refractivity (Wildman–Crippen MR) is 129 cm³/mol. The van der Waals surface area contributed by atoms with Gasteiger partial charge in [-0.25, -0.2) is 8.42 Å². The van der Waals surface area contributed by atoms with Gasteiger partial charge in [0.2, 0.25) is 10.0 Å². The smallest absolute Gasteiger partial charge is 0.256 e. The Labute approximate surface area is 198 Å². The van der Waals surface area contributed by atoms with Crippen LogP contribution in [0, 0.1) is 0 Å². The van der Waals surface area contributed by atoms with Crippen LogP contribution in [0.15, 0.2) is 47.4 Å². The first kappa shape index (κ1) is 22.3. The number of nitrogens with one attached hydrogen (secondary N) is 1. The molecule has 172 valence electrons. The summed E-state index contributed by atoms with van der Waals surface area (Å²) in [6, 6.07) is 11.8. The van der Waals surface area contributed by atoms with E-state index in [-0.39, 0.29) is 10.8 Å². The summed E-state index contributed by atoms with van der Waals surface area (Å²) >= 11 is 6.22. The highest BCUT2D eigenvalue weighted by atomic mass is 35.5. The minimum Gasteiger partial charge on any atom is -0.322 e. The number of fused-ring (bicyclic) bond motifs is 2. The second-order valence-electron chi connectivity index (χ2n) is 8.61. The van der Waals surface area contributed by atoms with Crippen molar-refractivity contribution in [3.63, 3.8) is 0 Å². The normalized spacial score (nSPS) is 17.3.